The number of rotatable bonds is 6. The minimum atomic E-state index is -0.732. The van der Waals surface area contributed by atoms with Gasteiger partial charge in [0.2, 0.25) is 0 Å². The Bertz CT molecular complexity index is 381. The molecule has 0 aromatic heterocycles. The lowest BCUT2D eigenvalue weighted by molar-refractivity contribution is -0.200. The van der Waals surface area contributed by atoms with Gasteiger partial charge in [-0.15, -0.1) is 0 Å². The van der Waals surface area contributed by atoms with E-state index < -0.39 is 6.29 Å². The van der Waals surface area contributed by atoms with E-state index in [9.17, 15) is 9.90 Å². The Kier molecular flexibility index (Phi) is 3.80. The van der Waals surface area contributed by atoms with Gasteiger partial charge in [-0.1, -0.05) is 20.8 Å². The molecule has 3 aliphatic rings. The van der Waals surface area contributed by atoms with E-state index >= 15 is 0 Å². The topological polar surface area (TPSA) is 55.8 Å². The zero-order valence-electron chi connectivity index (χ0n) is 12.6. The Hall–Kier alpha value is -0.610. The van der Waals surface area contributed by atoms with Crippen LogP contribution in [0.2, 0.25) is 0 Å². The molecule has 7 atom stereocenters. The summed E-state index contributed by atoms with van der Waals surface area (Å²) in [5.74, 6) is 1.52. The second-order valence-electron chi connectivity index (χ2n) is 7.19. The summed E-state index contributed by atoms with van der Waals surface area (Å²) in [5.41, 5.74) is 0. The molecule has 2 aliphatic carbocycles. The van der Waals surface area contributed by atoms with Crippen LogP contribution in [0.25, 0.3) is 0 Å². The molecular weight excluding hydrogens is 256 g/mol. The van der Waals surface area contributed by atoms with Gasteiger partial charge in [-0.3, -0.25) is 4.79 Å². The lowest BCUT2D eigenvalue weighted by atomic mass is 9.87. The molecule has 20 heavy (non-hydrogen) atoms. The third-order valence-corrected chi connectivity index (χ3v) is 5.41. The number of hydrogen-bond donors (Lipinski definition) is 1. The molecule has 2 bridgehead atoms. The fourth-order valence-corrected chi connectivity index (χ4v) is 4.45. The number of carbonyl (C=O) groups excluding carboxylic acids is 1. The maximum absolute atomic E-state index is 11.7. The maximum atomic E-state index is 11.7. The highest BCUT2D eigenvalue weighted by Gasteiger charge is 2.62. The summed E-state index contributed by atoms with van der Waals surface area (Å²) >= 11 is 0. The van der Waals surface area contributed by atoms with Gasteiger partial charge in [-0.05, 0) is 37.5 Å². The SMILES string of the molecule is CCC(CC(C)C)C(O)OC1C2CC3C(=O)OC1C3C2. The Morgan fingerprint density at radius 2 is 2.15 bits per heavy atom. The van der Waals surface area contributed by atoms with Crippen LogP contribution in [0.1, 0.15) is 46.5 Å². The first kappa shape index (κ1) is 14.3. The molecule has 1 N–H and O–H groups in total. The van der Waals surface area contributed by atoms with Gasteiger partial charge in [0.05, 0.1) is 5.92 Å². The summed E-state index contributed by atoms with van der Waals surface area (Å²) in [7, 11) is 0. The van der Waals surface area contributed by atoms with Crippen molar-refractivity contribution in [3.05, 3.63) is 0 Å². The van der Waals surface area contributed by atoms with E-state index in [-0.39, 0.29) is 30.0 Å². The predicted molar refractivity (Wildman–Crippen MR) is 73.7 cm³/mol. The first-order valence-electron chi connectivity index (χ1n) is 8.05. The van der Waals surface area contributed by atoms with Crippen LogP contribution in [-0.4, -0.2) is 29.6 Å². The summed E-state index contributed by atoms with van der Waals surface area (Å²) in [4.78, 5) is 11.7. The van der Waals surface area contributed by atoms with Crippen LogP contribution in [0.15, 0.2) is 0 Å². The van der Waals surface area contributed by atoms with Crippen LogP contribution < -0.4 is 0 Å². The Balaban J connectivity index is 1.62. The first-order chi connectivity index (χ1) is 9.51. The van der Waals surface area contributed by atoms with Gasteiger partial charge in [-0.2, -0.15) is 0 Å². The van der Waals surface area contributed by atoms with Crippen LogP contribution in [0.3, 0.4) is 0 Å². The number of esters is 1. The molecule has 3 fully saturated rings. The van der Waals surface area contributed by atoms with Crippen molar-refractivity contribution in [3.8, 4) is 0 Å². The summed E-state index contributed by atoms with van der Waals surface area (Å²) in [5, 5.41) is 10.4. The zero-order chi connectivity index (χ0) is 14.4. The number of aliphatic hydroxyl groups is 1. The molecule has 1 aliphatic heterocycles. The van der Waals surface area contributed by atoms with Gasteiger partial charge in [0, 0.05) is 11.8 Å². The van der Waals surface area contributed by atoms with Gasteiger partial charge in [-0.25, -0.2) is 0 Å². The highest BCUT2D eigenvalue weighted by atomic mass is 16.6. The molecule has 0 spiro atoms. The molecule has 1 saturated heterocycles. The van der Waals surface area contributed by atoms with Crippen molar-refractivity contribution in [1.29, 1.82) is 0 Å². The number of fused-ring (bicyclic) bond motifs is 1. The van der Waals surface area contributed by atoms with Crippen molar-refractivity contribution in [2.24, 2.45) is 29.6 Å². The quantitative estimate of drug-likeness (QED) is 0.600. The van der Waals surface area contributed by atoms with E-state index in [0.29, 0.717) is 17.8 Å². The predicted octanol–water partition coefficient (Wildman–Crippen LogP) is 2.34. The molecule has 0 amide bonds. The monoisotopic (exact) mass is 282 g/mol. The standard InChI is InChI=1S/C16H26O4/c1-4-9(5-8(2)3)15(17)19-13-10-6-11-12(7-10)16(18)20-14(11)13/h8-15,17H,4-7H2,1-3H3. The molecule has 7 unspecified atom stereocenters. The normalized spacial score (nSPS) is 41.2. The number of carbonyl (C=O) groups is 1. The summed E-state index contributed by atoms with van der Waals surface area (Å²) in [6, 6.07) is 0. The van der Waals surface area contributed by atoms with Gasteiger partial charge in [0.1, 0.15) is 12.2 Å². The molecule has 0 aromatic rings. The lowest BCUT2D eigenvalue weighted by Gasteiger charge is -2.31. The van der Waals surface area contributed by atoms with Crippen LogP contribution >= 0.6 is 0 Å². The average Bonchev–Trinajstić information content (AvgIpc) is 3.00. The molecular formula is C16H26O4. The molecule has 3 rings (SSSR count). The van der Waals surface area contributed by atoms with Crippen LogP contribution in [0, 0.1) is 29.6 Å². The molecule has 0 radical (unpaired) electrons. The fraction of sp³-hybridized carbons (Fsp3) is 0.938. The van der Waals surface area contributed by atoms with E-state index in [1.807, 2.05) is 0 Å². The molecule has 114 valence electrons. The van der Waals surface area contributed by atoms with Crippen molar-refractivity contribution in [2.75, 3.05) is 0 Å². The van der Waals surface area contributed by atoms with Crippen molar-refractivity contribution < 1.29 is 19.4 Å². The number of ether oxygens (including phenoxy) is 2. The highest BCUT2D eigenvalue weighted by Crippen LogP contribution is 2.55. The molecule has 2 saturated carbocycles. The van der Waals surface area contributed by atoms with Crippen LogP contribution in [0.5, 0.6) is 0 Å². The summed E-state index contributed by atoms with van der Waals surface area (Å²) in [6.45, 7) is 6.42. The van der Waals surface area contributed by atoms with E-state index in [4.69, 9.17) is 9.47 Å². The lowest BCUT2D eigenvalue weighted by Crippen LogP contribution is -2.39. The minimum absolute atomic E-state index is 0.0442. The fourth-order valence-electron chi connectivity index (χ4n) is 4.45. The first-order valence-corrected chi connectivity index (χ1v) is 8.05. The van der Waals surface area contributed by atoms with Gasteiger partial charge in [0.15, 0.2) is 6.29 Å². The third kappa shape index (κ3) is 2.27. The Labute approximate surface area is 120 Å². The van der Waals surface area contributed by atoms with Crippen molar-refractivity contribution in [1.82, 2.24) is 0 Å². The van der Waals surface area contributed by atoms with E-state index in [2.05, 4.69) is 20.8 Å². The molecule has 4 heteroatoms. The molecule has 4 nitrogen and oxygen atoms in total. The van der Waals surface area contributed by atoms with E-state index in [1.165, 1.54) is 0 Å². The second kappa shape index (κ2) is 5.30. The molecule has 0 aromatic carbocycles. The van der Waals surface area contributed by atoms with E-state index in [0.717, 1.165) is 25.7 Å². The summed E-state index contributed by atoms with van der Waals surface area (Å²) < 4.78 is 11.4. The van der Waals surface area contributed by atoms with E-state index in [1.54, 1.807) is 0 Å². The Morgan fingerprint density at radius 3 is 2.80 bits per heavy atom. The van der Waals surface area contributed by atoms with Crippen LogP contribution in [-0.2, 0) is 14.3 Å². The van der Waals surface area contributed by atoms with Gasteiger partial charge < -0.3 is 14.6 Å². The molecule has 1 heterocycles. The average molecular weight is 282 g/mol. The van der Waals surface area contributed by atoms with Crippen molar-refractivity contribution >= 4 is 5.97 Å². The third-order valence-electron chi connectivity index (χ3n) is 5.41. The summed E-state index contributed by atoms with van der Waals surface area (Å²) in [6.07, 6.45) is 2.87. The van der Waals surface area contributed by atoms with Crippen molar-refractivity contribution in [2.45, 2.75) is 65.0 Å². The largest absolute Gasteiger partial charge is 0.459 e. The number of hydrogen-bond acceptors (Lipinski definition) is 4. The Morgan fingerprint density at radius 1 is 1.40 bits per heavy atom. The number of aliphatic hydroxyl groups excluding tert-OH is 1. The minimum Gasteiger partial charge on any atom is -0.459 e. The van der Waals surface area contributed by atoms with Crippen molar-refractivity contribution in [3.63, 3.8) is 0 Å². The second-order valence-corrected chi connectivity index (χ2v) is 7.19. The maximum Gasteiger partial charge on any atom is 0.309 e. The van der Waals surface area contributed by atoms with Gasteiger partial charge >= 0.3 is 5.97 Å². The van der Waals surface area contributed by atoms with Gasteiger partial charge in [0.25, 0.3) is 0 Å². The van der Waals surface area contributed by atoms with Crippen LogP contribution in [0.4, 0.5) is 0 Å². The zero-order valence-corrected chi connectivity index (χ0v) is 12.6. The smallest absolute Gasteiger partial charge is 0.309 e. The highest BCUT2D eigenvalue weighted by molar-refractivity contribution is 5.76.